The lowest BCUT2D eigenvalue weighted by Gasteiger charge is -2.09. The summed E-state index contributed by atoms with van der Waals surface area (Å²) in [6.07, 6.45) is 0.0190. The molecule has 5 N–H and O–H groups in total. The van der Waals surface area contributed by atoms with Crippen molar-refractivity contribution in [3.05, 3.63) is 35.4 Å². The third-order valence-corrected chi connectivity index (χ3v) is 1.99. The van der Waals surface area contributed by atoms with Gasteiger partial charge in [-0.1, -0.05) is 24.3 Å². The SMILES string of the molecule is NC[C@@H](N)c1cccc(CC(=O)O)c1. The number of carboxylic acids is 1. The molecule has 1 aromatic carbocycles. The second-order valence-electron chi connectivity index (χ2n) is 3.16. The third kappa shape index (κ3) is 2.83. The summed E-state index contributed by atoms with van der Waals surface area (Å²) in [6, 6.07) is 6.97. The second kappa shape index (κ2) is 4.74. The van der Waals surface area contributed by atoms with Crippen LogP contribution in [0.25, 0.3) is 0 Å². The molecule has 0 aliphatic carbocycles. The minimum absolute atomic E-state index is 0.0190. The molecular weight excluding hydrogens is 180 g/mol. The van der Waals surface area contributed by atoms with E-state index in [1.54, 1.807) is 18.2 Å². The topological polar surface area (TPSA) is 89.3 Å². The van der Waals surface area contributed by atoms with Crippen LogP contribution in [-0.2, 0) is 11.2 Å². The molecule has 0 amide bonds. The number of hydrogen-bond acceptors (Lipinski definition) is 3. The van der Waals surface area contributed by atoms with Crippen molar-refractivity contribution in [2.24, 2.45) is 11.5 Å². The van der Waals surface area contributed by atoms with Crippen molar-refractivity contribution >= 4 is 5.97 Å². The second-order valence-corrected chi connectivity index (χ2v) is 3.16. The van der Waals surface area contributed by atoms with Crippen molar-refractivity contribution < 1.29 is 9.90 Å². The normalized spacial score (nSPS) is 12.4. The first-order chi connectivity index (χ1) is 6.63. The van der Waals surface area contributed by atoms with Gasteiger partial charge in [0.1, 0.15) is 0 Å². The molecule has 14 heavy (non-hydrogen) atoms. The van der Waals surface area contributed by atoms with E-state index in [0.29, 0.717) is 6.54 Å². The lowest BCUT2D eigenvalue weighted by Crippen LogP contribution is -2.20. The van der Waals surface area contributed by atoms with Crippen LogP contribution in [-0.4, -0.2) is 17.6 Å². The largest absolute Gasteiger partial charge is 0.481 e. The van der Waals surface area contributed by atoms with Crippen LogP contribution in [0.2, 0.25) is 0 Å². The smallest absolute Gasteiger partial charge is 0.307 e. The van der Waals surface area contributed by atoms with Crippen molar-refractivity contribution in [1.29, 1.82) is 0 Å². The number of rotatable bonds is 4. The van der Waals surface area contributed by atoms with Gasteiger partial charge in [-0.15, -0.1) is 0 Å². The number of benzene rings is 1. The molecule has 0 unspecified atom stereocenters. The summed E-state index contributed by atoms with van der Waals surface area (Å²) >= 11 is 0. The van der Waals surface area contributed by atoms with Crippen molar-refractivity contribution in [3.8, 4) is 0 Å². The van der Waals surface area contributed by atoms with E-state index in [1.165, 1.54) is 0 Å². The van der Waals surface area contributed by atoms with E-state index in [0.717, 1.165) is 11.1 Å². The molecule has 76 valence electrons. The summed E-state index contributed by atoms with van der Waals surface area (Å²) in [7, 11) is 0. The Kier molecular flexibility index (Phi) is 3.62. The Hall–Kier alpha value is -1.39. The van der Waals surface area contributed by atoms with Crippen LogP contribution < -0.4 is 11.5 Å². The maximum Gasteiger partial charge on any atom is 0.307 e. The van der Waals surface area contributed by atoms with E-state index in [4.69, 9.17) is 16.6 Å². The van der Waals surface area contributed by atoms with E-state index < -0.39 is 5.97 Å². The first kappa shape index (κ1) is 10.7. The molecule has 0 saturated carbocycles. The number of carbonyl (C=O) groups is 1. The fraction of sp³-hybridized carbons (Fsp3) is 0.300. The summed E-state index contributed by atoms with van der Waals surface area (Å²) in [4.78, 5) is 10.5. The number of aliphatic carboxylic acids is 1. The minimum atomic E-state index is -0.844. The molecule has 4 nitrogen and oxygen atoms in total. The molecule has 0 aliphatic heterocycles. The number of carboxylic acid groups (broad SMARTS) is 1. The Morgan fingerprint density at radius 1 is 1.50 bits per heavy atom. The molecule has 0 fully saturated rings. The van der Waals surface area contributed by atoms with Crippen molar-refractivity contribution in [3.63, 3.8) is 0 Å². The van der Waals surface area contributed by atoms with E-state index >= 15 is 0 Å². The van der Waals surface area contributed by atoms with Gasteiger partial charge in [0.15, 0.2) is 0 Å². The van der Waals surface area contributed by atoms with Crippen LogP contribution in [0.5, 0.6) is 0 Å². The van der Waals surface area contributed by atoms with Gasteiger partial charge in [0.25, 0.3) is 0 Å². The number of hydrogen-bond donors (Lipinski definition) is 3. The number of nitrogens with two attached hydrogens (primary N) is 2. The fourth-order valence-corrected chi connectivity index (χ4v) is 1.24. The zero-order valence-electron chi connectivity index (χ0n) is 7.81. The van der Waals surface area contributed by atoms with E-state index in [1.807, 2.05) is 6.07 Å². The molecule has 0 radical (unpaired) electrons. The van der Waals surface area contributed by atoms with Gasteiger partial charge in [-0.2, -0.15) is 0 Å². The summed E-state index contributed by atoms with van der Waals surface area (Å²) in [5, 5.41) is 8.60. The predicted octanol–water partition coefficient (Wildman–Crippen LogP) is 0.272. The van der Waals surface area contributed by atoms with Crippen LogP contribution in [0, 0.1) is 0 Å². The first-order valence-corrected chi connectivity index (χ1v) is 4.39. The van der Waals surface area contributed by atoms with Gasteiger partial charge in [-0.25, -0.2) is 0 Å². The predicted molar refractivity (Wildman–Crippen MR) is 53.8 cm³/mol. The Labute approximate surface area is 82.5 Å². The molecular formula is C10H14N2O2. The summed E-state index contributed by atoms with van der Waals surface area (Å²) in [6.45, 7) is 0.358. The highest BCUT2D eigenvalue weighted by Gasteiger charge is 2.05. The highest BCUT2D eigenvalue weighted by molar-refractivity contribution is 5.70. The van der Waals surface area contributed by atoms with Gasteiger partial charge in [-0.05, 0) is 11.1 Å². The van der Waals surface area contributed by atoms with Crippen LogP contribution in [0.1, 0.15) is 17.2 Å². The van der Waals surface area contributed by atoms with Crippen molar-refractivity contribution in [2.75, 3.05) is 6.54 Å². The van der Waals surface area contributed by atoms with Gasteiger partial charge in [0, 0.05) is 12.6 Å². The van der Waals surface area contributed by atoms with E-state index in [-0.39, 0.29) is 12.5 Å². The summed E-state index contributed by atoms with van der Waals surface area (Å²) in [5.74, 6) is -0.844. The quantitative estimate of drug-likeness (QED) is 0.642. The zero-order chi connectivity index (χ0) is 10.6. The van der Waals surface area contributed by atoms with Crippen LogP contribution in [0.15, 0.2) is 24.3 Å². The summed E-state index contributed by atoms with van der Waals surface area (Å²) in [5.41, 5.74) is 12.8. The molecule has 1 aromatic rings. The highest BCUT2D eigenvalue weighted by atomic mass is 16.4. The van der Waals surface area contributed by atoms with Gasteiger partial charge in [0.05, 0.1) is 6.42 Å². The minimum Gasteiger partial charge on any atom is -0.481 e. The van der Waals surface area contributed by atoms with Crippen molar-refractivity contribution in [1.82, 2.24) is 0 Å². The molecule has 0 saturated heterocycles. The van der Waals surface area contributed by atoms with Crippen LogP contribution >= 0.6 is 0 Å². The molecule has 0 bridgehead atoms. The van der Waals surface area contributed by atoms with Crippen molar-refractivity contribution in [2.45, 2.75) is 12.5 Å². The zero-order valence-corrected chi connectivity index (χ0v) is 7.81. The maximum atomic E-state index is 10.5. The van der Waals surface area contributed by atoms with Gasteiger partial charge in [-0.3, -0.25) is 4.79 Å². The monoisotopic (exact) mass is 194 g/mol. The molecule has 0 aromatic heterocycles. The molecule has 1 atom stereocenters. The van der Waals surface area contributed by atoms with Gasteiger partial charge < -0.3 is 16.6 Å². The molecule has 4 heteroatoms. The Morgan fingerprint density at radius 3 is 2.79 bits per heavy atom. The molecule has 0 heterocycles. The Morgan fingerprint density at radius 2 is 2.21 bits per heavy atom. The van der Waals surface area contributed by atoms with Crippen LogP contribution in [0.4, 0.5) is 0 Å². The first-order valence-electron chi connectivity index (χ1n) is 4.39. The fourth-order valence-electron chi connectivity index (χ4n) is 1.24. The van der Waals surface area contributed by atoms with Gasteiger partial charge in [0.2, 0.25) is 0 Å². The van der Waals surface area contributed by atoms with Crippen LogP contribution in [0.3, 0.4) is 0 Å². The van der Waals surface area contributed by atoms with E-state index in [2.05, 4.69) is 0 Å². The average Bonchev–Trinajstić information content (AvgIpc) is 2.16. The molecule has 0 spiro atoms. The van der Waals surface area contributed by atoms with Gasteiger partial charge >= 0.3 is 5.97 Å². The Bertz CT molecular complexity index is 326. The van der Waals surface area contributed by atoms with E-state index in [9.17, 15) is 4.79 Å². The highest BCUT2D eigenvalue weighted by Crippen LogP contribution is 2.11. The maximum absolute atomic E-state index is 10.5. The Balaban J connectivity index is 2.83. The average molecular weight is 194 g/mol. The molecule has 1 rings (SSSR count). The standard InChI is InChI=1S/C10H14N2O2/c11-6-9(12)8-3-1-2-7(4-8)5-10(13)14/h1-4,9H,5-6,11-12H2,(H,13,14)/t9-/m1/s1. The summed E-state index contributed by atoms with van der Waals surface area (Å²) < 4.78 is 0. The molecule has 0 aliphatic rings. The lowest BCUT2D eigenvalue weighted by molar-refractivity contribution is -0.136. The third-order valence-electron chi connectivity index (χ3n) is 1.99. The lowest BCUT2D eigenvalue weighted by atomic mass is 10.0.